The summed E-state index contributed by atoms with van der Waals surface area (Å²) in [5.41, 5.74) is 0.00268. The lowest BCUT2D eigenvalue weighted by molar-refractivity contribution is -0.384. The summed E-state index contributed by atoms with van der Waals surface area (Å²) in [6.07, 6.45) is -0.860. The molecule has 148 valence electrons. The van der Waals surface area contributed by atoms with Crippen molar-refractivity contribution >= 4 is 33.1 Å². The molecule has 1 fully saturated rings. The van der Waals surface area contributed by atoms with Gasteiger partial charge in [0.15, 0.2) is 15.9 Å². The standard InChI is InChI=1S/C16H21N3O7S/c1-10(15(20)17-12-6-7-27(24,25)9-12)26-16(21)11-4-5-13(18(2)3)14(8-11)19(22)23/h4-5,8,10,12H,6-7,9H2,1-3H3,(H,17,20)/t10-,12+/m1/s1. The van der Waals surface area contributed by atoms with Gasteiger partial charge < -0.3 is 15.0 Å². The Morgan fingerprint density at radius 3 is 2.56 bits per heavy atom. The van der Waals surface area contributed by atoms with E-state index in [0.29, 0.717) is 12.1 Å². The van der Waals surface area contributed by atoms with E-state index in [1.165, 1.54) is 19.1 Å². The third-order valence-electron chi connectivity index (χ3n) is 4.12. The molecule has 0 radical (unpaired) electrons. The lowest BCUT2D eigenvalue weighted by Crippen LogP contribution is -2.42. The number of nitro benzene ring substituents is 1. The Hall–Kier alpha value is -2.69. The molecule has 1 saturated heterocycles. The lowest BCUT2D eigenvalue weighted by Gasteiger charge is -2.17. The predicted octanol–water partition coefficient (Wildman–Crippen LogP) is 0.509. The van der Waals surface area contributed by atoms with Crippen molar-refractivity contribution in [2.75, 3.05) is 30.5 Å². The Kier molecular flexibility index (Phi) is 6.04. The van der Waals surface area contributed by atoms with E-state index in [2.05, 4.69) is 5.32 Å². The predicted molar refractivity (Wildman–Crippen MR) is 97.5 cm³/mol. The first kappa shape index (κ1) is 20.6. The SMILES string of the molecule is C[C@@H](OC(=O)c1ccc(N(C)C)c([N+](=O)[O-])c1)C(=O)N[C@H]1CCS(=O)(=O)C1. The molecule has 1 N–H and O–H groups in total. The molecule has 0 saturated carbocycles. The maximum atomic E-state index is 12.2. The normalized spacial score (nSPS) is 19.1. The molecule has 1 aliphatic heterocycles. The maximum Gasteiger partial charge on any atom is 0.339 e. The number of sulfone groups is 1. The molecule has 11 heteroatoms. The van der Waals surface area contributed by atoms with Crippen molar-refractivity contribution in [3.63, 3.8) is 0 Å². The van der Waals surface area contributed by atoms with Gasteiger partial charge in [0.2, 0.25) is 0 Å². The number of benzene rings is 1. The van der Waals surface area contributed by atoms with Crippen LogP contribution >= 0.6 is 0 Å². The average molecular weight is 399 g/mol. The van der Waals surface area contributed by atoms with Crippen molar-refractivity contribution in [3.8, 4) is 0 Å². The molecule has 0 unspecified atom stereocenters. The number of esters is 1. The van der Waals surface area contributed by atoms with Gasteiger partial charge in [-0.3, -0.25) is 14.9 Å². The number of carbonyl (C=O) groups is 2. The number of anilines is 1. The quantitative estimate of drug-likeness (QED) is 0.415. The first-order chi connectivity index (χ1) is 12.5. The minimum atomic E-state index is -3.15. The van der Waals surface area contributed by atoms with Gasteiger partial charge in [-0.25, -0.2) is 13.2 Å². The highest BCUT2D eigenvalue weighted by molar-refractivity contribution is 7.91. The van der Waals surface area contributed by atoms with Crippen LogP contribution in [-0.2, 0) is 19.4 Å². The summed E-state index contributed by atoms with van der Waals surface area (Å²) in [6.45, 7) is 1.35. The van der Waals surface area contributed by atoms with Crippen LogP contribution < -0.4 is 10.2 Å². The second-order valence-corrected chi connectivity index (χ2v) is 8.74. The summed E-state index contributed by atoms with van der Waals surface area (Å²) in [4.78, 5) is 36.4. The zero-order chi connectivity index (χ0) is 20.4. The maximum absolute atomic E-state index is 12.2. The number of amides is 1. The Morgan fingerprint density at radius 2 is 2.04 bits per heavy atom. The van der Waals surface area contributed by atoms with Gasteiger partial charge in [-0.1, -0.05) is 0 Å². The van der Waals surface area contributed by atoms with Crippen LogP contribution in [0.2, 0.25) is 0 Å². The van der Waals surface area contributed by atoms with Crippen LogP contribution in [0.1, 0.15) is 23.7 Å². The van der Waals surface area contributed by atoms with Gasteiger partial charge in [-0.05, 0) is 25.5 Å². The Balaban J connectivity index is 2.04. The topological polar surface area (TPSA) is 136 Å². The summed E-state index contributed by atoms with van der Waals surface area (Å²) in [5, 5.41) is 13.7. The van der Waals surface area contributed by atoms with Crippen LogP contribution in [0, 0.1) is 10.1 Å². The molecule has 2 atom stereocenters. The van der Waals surface area contributed by atoms with Crippen LogP contribution in [-0.4, -0.2) is 63.0 Å². The van der Waals surface area contributed by atoms with E-state index in [-0.39, 0.29) is 22.8 Å². The summed E-state index contributed by atoms with van der Waals surface area (Å²) in [5.74, 6) is -1.64. The molecule has 2 rings (SSSR count). The minimum absolute atomic E-state index is 0.00794. The second kappa shape index (κ2) is 7.91. The molecule has 0 aromatic heterocycles. The molecule has 1 amide bonds. The Labute approximate surface area is 156 Å². The van der Waals surface area contributed by atoms with Gasteiger partial charge in [0, 0.05) is 26.2 Å². The first-order valence-electron chi connectivity index (χ1n) is 8.17. The van der Waals surface area contributed by atoms with E-state index in [1.807, 2.05) is 0 Å². The fourth-order valence-electron chi connectivity index (χ4n) is 2.68. The van der Waals surface area contributed by atoms with Gasteiger partial charge in [0.1, 0.15) is 5.69 Å². The third kappa shape index (κ3) is 5.16. The van der Waals surface area contributed by atoms with Crippen LogP contribution in [0.15, 0.2) is 18.2 Å². The number of hydrogen-bond donors (Lipinski definition) is 1. The molecule has 1 aromatic carbocycles. The number of nitrogens with one attached hydrogen (secondary N) is 1. The van der Waals surface area contributed by atoms with Crippen molar-refractivity contribution in [2.45, 2.75) is 25.5 Å². The fraction of sp³-hybridized carbons (Fsp3) is 0.500. The van der Waals surface area contributed by atoms with Gasteiger partial charge in [0.25, 0.3) is 11.6 Å². The van der Waals surface area contributed by atoms with E-state index < -0.39 is 38.8 Å². The monoisotopic (exact) mass is 399 g/mol. The van der Waals surface area contributed by atoms with Crippen LogP contribution in [0.25, 0.3) is 0 Å². The summed E-state index contributed by atoms with van der Waals surface area (Å²) >= 11 is 0. The summed E-state index contributed by atoms with van der Waals surface area (Å²) < 4.78 is 27.9. The van der Waals surface area contributed by atoms with Crippen molar-refractivity contribution in [2.24, 2.45) is 0 Å². The zero-order valence-corrected chi connectivity index (χ0v) is 16.0. The van der Waals surface area contributed by atoms with Crippen molar-refractivity contribution in [3.05, 3.63) is 33.9 Å². The molecule has 0 aliphatic carbocycles. The smallest absolute Gasteiger partial charge is 0.339 e. The highest BCUT2D eigenvalue weighted by Gasteiger charge is 2.31. The number of nitro groups is 1. The van der Waals surface area contributed by atoms with Crippen molar-refractivity contribution in [1.82, 2.24) is 5.32 Å². The largest absolute Gasteiger partial charge is 0.449 e. The molecule has 0 spiro atoms. The van der Waals surface area contributed by atoms with E-state index in [1.54, 1.807) is 19.0 Å². The minimum Gasteiger partial charge on any atom is -0.449 e. The highest BCUT2D eigenvalue weighted by atomic mass is 32.2. The van der Waals surface area contributed by atoms with Gasteiger partial charge in [-0.15, -0.1) is 0 Å². The molecule has 1 aliphatic rings. The molecular weight excluding hydrogens is 378 g/mol. The number of carbonyl (C=O) groups excluding carboxylic acids is 2. The van der Waals surface area contributed by atoms with E-state index in [4.69, 9.17) is 4.74 Å². The van der Waals surface area contributed by atoms with Crippen LogP contribution in [0.5, 0.6) is 0 Å². The molecule has 1 aromatic rings. The summed E-state index contributed by atoms with van der Waals surface area (Å²) in [7, 11) is 0.123. The fourth-order valence-corrected chi connectivity index (χ4v) is 4.36. The zero-order valence-electron chi connectivity index (χ0n) is 15.2. The second-order valence-electron chi connectivity index (χ2n) is 6.51. The van der Waals surface area contributed by atoms with Crippen molar-refractivity contribution < 1.29 is 27.7 Å². The third-order valence-corrected chi connectivity index (χ3v) is 5.89. The Bertz CT molecular complexity index is 867. The number of rotatable bonds is 6. The number of nitrogens with zero attached hydrogens (tertiary/aromatic N) is 2. The molecule has 1 heterocycles. The molecule has 0 bridgehead atoms. The van der Waals surface area contributed by atoms with Gasteiger partial charge in [0.05, 0.1) is 22.0 Å². The number of hydrogen-bond acceptors (Lipinski definition) is 8. The lowest BCUT2D eigenvalue weighted by atomic mass is 10.1. The first-order valence-corrected chi connectivity index (χ1v) is 10.00. The van der Waals surface area contributed by atoms with Crippen molar-refractivity contribution in [1.29, 1.82) is 0 Å². The van der Waals surface area contributed by atoms with Crippen LogP contribution in [0.4, 0.5) is 11.4 Å². The van der Waals surface area contributed by atoms with E-state index in [0.717, 1.165) is 6.07 Å². The van der Waals surface area contributed by atoms with Gasteiger partial charge in [-0.2, -0.15) is 0 Å². The van der Waals surface area contributed by atoms with Crippen LogP contribution in [0.3, 0.4) is 0 Å². The molecule has 27 heavy (non-hydrogen) atoms. The highest BCUT2D eigenvalue weighted by Crippen LogP contribution is 2.28. The van der Waals surface area contributed by atoms with Gasteiger partial charge >= 0.3 is 5.97 Å². The molecular formula is C16H21N3O7S. The van der Waals surface area contributed by atoms with E-state index in [9.17, 15) is 28.1 Å². The number of ether oxygens (including phenoxy) is 1. The average Bonchev–Trinajstić information content (AvgIpc) is 2.92. The Morgan fingerprint density at radius 1 is 1.37 bits per heavy atom. The summed E-state index contributed by atoms with van der Waals surface area (Å²) in [6, 6.07) is 3.37. The van der Waals surface area contributed by atoms with E-state index >= 15 is 0 Å². The molecule has 10 nitrogen and oxygen atoms in total.